The largest absolute Gasteiger partial charge is 0.465 e. The zero-order valence-electron chi connectivity index (χ0n) is 14.0. The molecule has 0 saturated carbocycles. The van der Waals surface area contributed by atoms with E-state index in [9.17, 15) is 18.0 Å². The Balaban J connectivity index is 2.16. The molecule has 0 fully saturated rings. The summed E-state index contributed by atoms with van der Waals surface area (Å²) in [5.41, 5.74) is 0.945. The molecule has 0 aliphatic carbocycles. The molecule has 9 heteroatoms. The van der Waals surface area contributed by atoms with Gasteiger partial charge in [0.15, 0.2) is 0 Å². The molecule has 0 unspecified atom stereocenters. The third-order valence-electron chi connectivity index (χ3n) is 3.44. The second kappa shape index (κ2) is 8.31. The number of benzene rings is 2. The fourth-order valence-electron chi connectivity index (χ4n) is 2.08. The fraction of sp³-hybridized carbons (Fsp3) is 0.176. The van der Waals surface area contributed by atoms with Gasteiger partial charge < -0.3 is 9.47 Å². The Morgan fingerprint density at radius 1 is 1.08 bits per heavy atom. The van der Waals surface area contributed by atoms with E-state index >= 15 is 0 Å². The van der Waals surface area contributed by atoms with Gasteiger partial charge in [0.1, 0.15) is 11.5 Å². The van der Waals surface area contributed by atoms with Crippen LogP contribution < -0.4 is 4.72 Å². The van der Waals surface area contributed by atoms with Crippen LogP contribution >= 0.6 is 11.6 Å². The van der Waals surface area contributed by atoms with Gasteiger partial charge in [0.05, 0.1) is 23.3 Å². The maximum absolute atomic E-state index is 12.2. The number of carbonyl (C=O) groups is 2. The topological polar surface area (TPSA) is 98.8 Å². The van der Waals surface area contributed by atoms with Gasteiger partial charge in [0.25, 0.3) is 0 Å². The van der Waals surface area contributed by atoms with Crippen LogP contribution in [0.3, 0.4) is 0 Å². The number of ether oxygens (including phenoxy) is 2. The van der Waals surface area contributed by atoms with E-state index < -0.39 is 22.0 Å². The molecule has 0 radical (unpaired) electrons. The highest BCUT2D eigenvalue weighted by molar-refractivity contribution is 7.89. The molecule has 0 bridgehead atoms. The first kappa shape index (κ1) is 19.9. The Hall–Kier alpha value is -2.42. The van der Waals surface area contributed by atoms with E-state index in [0.717, 1.165) is 6.07 Å². The molecule has 0 aliphatic rings. The van der Waals surface area contributed by atoms with Gasteiger partial charge in [-0.15, -0.1) is 0 Å². The van der Waals surface area contributed by atoms with E-state index in [1.807, 2.05) is 0 Å². The van der Waals surface area contributed by atoms with Crippen molar-refractivity contribution in [1.82, 2.24) is 4.72 Å². The van der Waals surface area contributed by atoms with Crippen molar-refractivity contribution in [2.45, 2.75) is 11.5 Å². The predicted molar refractivity (Wildman–Crippen MR) is 94.6 cm³/mol. The average Bonchev–Trinajstić information content (AvgIpc) is 2.65. The van der Waals surface area contributed by atoms with Gasteiger partial charge in [-0.25, -0.2) is 22.7 Å². The first-order chi connectivity index (χ1) is 12.3. The first-order valence-corrected chi connectivity index (χ1v) is 9.22. The molecular formula is C17H16ClNO6S. The van der Waals surface area contributed by atoms with Crippen molar-refractivity contribution in [1.29, 1.82) is 0 Å². The van der Waals surface area contributed by atoms with Crippen LogP contribution in [0.5, 0.6) is 0 Å². The van der Waals surface area contributed by atoms with Crippen molar-refractivity contribution >= 4 is 33.6 Å². The molecule has 0 heterocycles. The highest BCUT2D eigenvalue weighted by Gasteiger charge is 2.19. The van der Waals surface area contributed by atoms with Gasteiger partial charge in [0, 0.05) is 0 Å². The number of methoxy groups -OCH3 is 1. The number of esters is 2. The number of sulfonamides is 1. The van der Waals surface area contributed by atoms with E-state index in [0.29, 0.717) is 11.1 Å². The summed E-state index contributed by atoms with van der Waals surface area (Å²) >= 11 is 5.88. The highest BCUT2D eigenvalue weighted by atomic mass is 35.5. The van der Waals surface area contributed by atoms with Crippen LogP contribution in [-0.4, -0.2) is 34.5 Å². The number of rotatable bonds is 6. The van der Waals surface area contributed by atoms with Crippen molar-refractivity contribution in [2.24, 2.45) is 0 Å². The predicted octanol–water partition coefficient (Wildman–Crippen LogP) is 2.39. The quantitative estimate of drug-likeness (QED) is 0.751. The Morgan fingerprint density at radius 2 is 1.77 bits per heavy atom. The van der Waals surface area contributed by atoms with Gasteiger partial charge in [0.2, 0.25) is 10.0 Å². The third-order valence-corrected chi connectivity index (χ3v) is 5.34. The zero-order chi connectivity index (χ0) is 19.3. The summed E-state index contributed by atoms with van der Waals surface area (Å²) in [6.07, 6.45) is 0. The van der Waals surface area contributed by atoms with Crippen LogP contribution in [-0.2, 0) is 26.1 Å². The minimum Gasteiger partial charge on any atom is -0.465 e. The number of carbonyl (C=O) groups excluding carboxylic acids is 2. The van der Waals surface area contributed by atoms with Gasteiger partial charge in [-0.05, 0) is 42.9 Å². The second-order valence-corrected chi connectivity index (χ2v) is 7.38. The molecule has 0 aromatic heterocycles. The SMILES string of the molecule is CNS(=O)(=O)c1cc(C(=O)OCc2cccc(C(=O)OC)c2)ccc1Cl. The minimum atomic E-state index is -3.81. The highest BCUT2D eigenvalue weighted by Crippen LogP contribution is 2.23. The smallest absolute Gasteiger partial charge is 0.338 e. The fourth-order valence-corrected chi connectivity index (χ4v) is 3.33. The first-order valence-electron chi connectivity index (χ1n) is 7.36. The lowest BCUT2D eigenvalue weighted by atomic mass is 10.1. The molecular weight excluding hydrogens is 382 g/mol. The van der Waals surface area contributed by atoms with Gasteiger partial charge in [-0.1, -0.05) is 23.7 Å². The van der Waals surface area contributed by atoms with E-state index in [1.165, 1.54) is 32.4 Å². The van der Waals surface area contributed by atoms with Gasteiger partial charge in [-0.3, -0.25) is 0 Å². The molecule has 0 saturated heterocycles. The van der Waals surface area contributed by atoms with Crippen molar-refractivity contribution < 1.29 is 27.5 Å². The summed E-state index contributed by atoms with van der Waals surface area (Å²) < 4.78 is 35.8. The summed E-state index contributed by atoms with van der Waals surface area (Å²) in [6.45, 7) is -0.0968. The minimum absolute atomic E-state index is 0.0123. The molecule has 0 amide bonds. The van der Waals surface area contributed by atoms with Crippen molar-refractivity contribution in [3.63, 3.8) is 0 Å². The van der Waals surface area contributed by atoms with Crippen LogP contribution in [0, 0.1) is 0 Å². The Labute approximate surface area is 155 Å². The molecule has 0 aliphatic heterocycles. The van der Waals surface area contributed by atoms with Gasteiger partial charge >= 0.3 is 11.9 Å². The zero-order valence-corrected chi connectivity index (χ0v) is 15.6. The van der Waals surface area contributed by atoms with E-state index in [4.69, 9.17) is 16.3 Å². The second-order valence-electron chi connectivity index (χ2n) is 5.12. The normalized spacial score (nSPS) is 11.0. The number of nitrogens with one attached hydrogen (secondary N) is 1. The molecule has 7 nitrogen and oxygen atoms in total. The maximum atomic E-state index is 12.2. The number of halogens is 1. The summed E-state index contributed by atoms with van der Waals surface area (Å²) in [5.74, 6) is -1.23. The molecule has 26 heavy (non-hydrogen) atoms. The lowest BCUT2D eigenvalue weighted by Gasteiger charge is -2.09. The summed E-state index contributed by atoms with van der Waals surface area (Å²) in [7, 11) is -1.30. The maximum Gasteiger partial charge on any atom is 0.338 e. The third kappa shape index (κ3) is 4.60. The molecule has 0 atom stereocenters. The lowest BCUT2D eigenvalue weighted by molar-refractivity contribution is 0.0472. The van der Waals surface area contributed by atoms with Crippen LogP contribution in [0.2, 0.25) is 5.02 Å². The standard InChI is InChI=1S/C17H16ClNO6S/c1-19-26(22,23)15-9-13(6-7-14(15)18)17(21)25-10-11-4-3-5-12(8-11)16(20)24-2/h3-9,19H,10H2,1-2H3. The lowest BCUT2D eigenvalue weighted by Crippen LogP contribution is -2.19. The summed E-state index contributed by atoms with van der Waals surface area (Å²) in [4.78, 5) is 23.5. The number of hydrogen-bond acceptors (Lipinski definition) is 6. The van der Waals surface area contributed by atoms with Crippen LogP contribution in [0.1, 0.15) is 26.3 Å². The molecule has 0 spiro atoms. The average molecular weight is 398 g/mol. The van der Waals surface area contributed by atoms with E-state index in [1.54, 1.807) is 18.2 Å². The molecule has 2 aromatic carbocycles. The van der Waals surface area contributed by atoms with E-state index in [2.05, 4.69) is 9.46 Å². The van der Waals surface area contributed by atoms with E-state index in [-0.39, 0.29) is 22.1 Å². The Morgan fingerprint density at radius 3 is 2.42 bits per heavy atom. The van der Waals surface area contributed by atoms with Crippen molar-refractivity contribution in [3.8, 4) is 0 Å². The summed E-state index contributed by atoms with van der Waals surface area (Å²) in [6, 6.07) is 10.2. The Kier molecular flexibility index (Phi) is 6.36. The molecule has 2 aromatic rings. The monoisotopic (exact) mass is 397 g/mol. The summed E-state index contributed by atoms with van der Waals surface area (Å²) in [5, 5.41) is -0.0123. The van der Waals surface area contributed by atoms with Crippen LogP contribution in [0.4, 0.5) is 0 Å². The molecule has 2 rings (SSSR count). The van der Waals surface area contributed by atoms with Crippen molar-refractivity contribution in [3.05, 3.63) is 64.2 Å². The van der Waals surface area contributed by atoms with Crippen molar-refractivity contribution in [2.75, 3.05) is 14.2 Å². The number of hydrogen-bond donors (Lipinski definition) is 1. The molecule has 138 valence electrons. The van der Waals surface area contributed by atoms with Crippen LogP contribution in [0.15, 0.2) is 47.4 Å². The Bertz CT molecular complexity index is 942. The molecule has 1 N–H and O–H groups in total. The van der Waals surface area contributed by atoms with Crippen LogP contribution in [0.25, 0.3) is 0 Å². The van der Waals surface area contributed by atoms with Gasteiger partial charge in [-0.2, -0.15) is 0 Å².